The lowest BCUT2D eigenvalue weighted by atomic mass is 10.1. The number of rotatable bonds is 3. The lowest BCUT2D eigenvalue weighted by Gasteiger charge is -2.08. The van der Waals surface area contributed by atoms with Gasteiger partial charge in [0.1, 0.15) is 0 Å². The van der Waals surface area contributed by atoms with Gasteiger partial charge in [0.2, 0.25) is 0 Å². The number of nitrogen functional groups attached to an aromatic ring is 1. The number of hydrogen-bond donors (Lipinski definition) is 2. The predicted octanol–water partition coefficient (Wildman–Crippen LogP) is -0.329. The molecule has 0 fully saturated rings. The zero-order valence-electron chi connectivity index (χ0n) is 9.73. The summed E-state index contributed by atoms with van der Waals surface area (Å²) in [5.41, 5.74) is -0.640. The van der Waals surface area contributed by atoms with Crippen LogP contribution in [0.25, 0.3) is 0 Å². The van der Waals surface area contributed by atoms with Crippen molar-refractivity contribution in [3.63, 3.8) is 0 Å². The molecule has 0 saturated carbocycles. The standard InChI is InChI=1S/C9H17N5O2/c1-4-6(2)5-11-8(15)14-9(16)13(10)7(3)12-14/h6H,4-5,10H2,1-3H3,(H,11,15). The van der Waals surface area contributed by atoms with Gasteiger partial charge in [0.25, 0.3) is 0 Å². The lowest BCUT2D eigenvalue weighted by molar-refractivity contribution is 0.236. The first-order chi connectivity index (χ1) is 7.47. The summed E-state index contributed by atoms with van der Waals surface area (Å²) < 4.78 is 1.57. The van der Waals surface area contributed by atoms with Gasteiger partial charge in [0.15, 0.2) is 5.82 Å². The van der Waals surface area contributed by atoms with Gasteiger partial charge >= 0.3 is 11.7 Å². The van der Waals surface area contributed by atoms with Crippen molar-refractivity contribution >= 4 is 6.03 Å². The highest BCUT2D eigenvalue weighted by atomic mass is 16.2. The molecule has 1 unspecified atom stereocenters. The van der Waals surface area contributed by atoms with Crippen LogP contribution in [-0.4, -0.2) is 27.0 Å². The van der Waals surface area contributed by atoms with E-state index in [2.05, 4.69) is 10.4 Å². The molecule has 0 aliphatic rings. The Balaban J connectivity index is 2.74. The second-order valence-corrected chi connectivity index (χ2v) is 3.81. The third-order valence-electron chi connectivity index (χ3n) is 2.47. The van der Waals surface area contributed by atoms with Crippen molar-refractivity contribution in [1.82, 2.24) is 19.8 Å². The molecule has 0 aliphatic carbocycles. The SMILES string of the molecule is CCC(C)CNC(=O)n1nc(C)n(N)c1=O. The zero-order chi connectivity index (χ0) is 12.3. The Hall–Kier alpha value is -1.79. The van der Waals surface area contributed by atoms with Crippen molar-refractivity contribution in [3.05, 3.63) is 16.3 Å². The van der Waals surface area contributed by atoms with Gasteiger partial charge in [-0.2, -0.15) is 4.68 Å². The molecule has 0 saturated heterocycles. The van der Waals surface area contributed by atoms with E-state index in [4.69, 9.17) is 5.84 Å². The van der Waals surface area contributed by atoms with Gasteiger partial charge in [-0.15, -0.1) is 9.78 Å². The second kappa shape index (κ2) is 4.82. The summed E-state index contributed by atoms with van der Waals surface area (Å²) in [4.78, 5) is 23.0. The Labute approximate surface area is 93.2 Å². The van der Waals surface area contributed by atoms with Crippen LogP contribution >= 0.6 is 0 Å². The van der Waals surface area contributed by atoms with Gasteiger partial charge in [-0.3, -0.25) is 0 Å². The Morgan fingerprint density at radius 2 is 2.25 bits per heavy atom. The van der Waals surface area contributed by atoms with Gasteiger partial charge < -0.3 is 11.2 Å². The highest BCUT2D eigenvalue weighted by molar-refractivity contribution is 5.75. The van der Waals surface area contributed by atoms with Crippen molar-refractivity contribution < 1.29 is 4.79 Å². The first-order valence-corrected chi connectivity index (χ1v) is 5.19. The van der Waals surface area contributed by atoms with Gasteiger partial charge in [-0.25, -0.2) is 9.59 Å². The first kappa shape index (κ1) is 12.3. The van der Waals surface area contributed by atoms with Crippen LogP contribution in [0.5, 0.6) is 0 Å². The number of nitrogens with two attached hydrogens (primary N) is 1. The van der Waals surface area contributed by atoms with Crippen molar-refractivity contribution in [2.24, 2.45) is 5.92 Å². The Kier molecular flexibility index (Phi) is 3.70. The molecule has 1 aromatic rings. The minimum Gasteiger partial charge on any atom is -0.336 e. The molecular weight excluding hydrogens is 210 g/mol. The minimum atomic E-state index is -0.640. The molecule has 90 valence electrons. The maximum absolute atomic E-state index is 11.6. The van der Waals surface area contributed by atoms with Gasteiger partial charge in [-0.05, 0) is 12.8 Å². The molecule has 7 heteroatoms. The van der Waals surface area contributed by atoms with Crippen LogP contribution in [0.3, 0.4) is 0 Å². The summed E-state index contributed by atoms with van der Waals surface area (Å²) in [6, 6.07) is -0.544. The molecule has 16 heavy (non-hydrogen) atoms. The smallest absolute Gasteiger partial charge is 0.336 e. The van der Waals surface area contributed by atoms with Crippen LogP contribution < -0.4 is 16.8 Å². The quantitative estimate of drug-likeness (QED) is 0.691. The molecule has 1 aromatic heterocycles. The largest absolute Gasteiger partial charge is 0.373 e. The molecule has 7 nitrogen and oxygen atoms in total. The van der Waals surface area contributed by atoms with E-state index < -0.39 is 11.7 Å². The van der Waals surface area contributed by atoms with Gasteiger partial charge in [0.05, 0.1) is 0 Å². The number of hydrogen-bond acceptors (Lipinski definition) is 4. The maximum atomic E-state index is 11.6. The Bertz CT molecular complexity index is 434. The van der Waals surface area contributed by atoms with Crippen molar-refractivity contribution in [2.45, 2.75) is 27.2 Å². The molecule has 1 heterocycles. The molecule has 0 bridgehead atoms. The average molecular weight is 227 g/mol. The number of aryl methyl sites for hydroxylation is 1. The summed E-state index contributed by atoms with van der Waals surface area (Å²) in [5, 5.41) is 6.37. The van der Waals surface area contributed by atoms with E-state index in [-0.39, 0.29) is 0 Å². The predicted molar refractivity (Wildman–Crippen MR) is 59.6 cm³/mol. The molecule has 0 spiro atoms. The third-order valence-corrected chi connectivity index (χ3v) is 2.47. The number of carbonyl (C=O) groups is 1. The molecule has 0 aliphatic heterocycles. The highest BCUT2D eigenvalue weighted by Crippen LogP contribution is 1.97. The van der Waals surface area contributed by atoms with E-state index in [1.54, 1.807) is 6.92 Å². The van der Waals surface area contributed by atoms with Gasteiger partial charge in [-0.1, -0.05) is 20.3 Å². The highest BCUT2D eigenvalue weighted by Gasteiger charge is 2.14. The number of carbonyl (C=O) groups excluding carboxylic acids is 1. The van der Waals surface area contributed by atoms with Crippen molar-refractivity contribution in [3.8, 4) is 0 Å². The normalized spacial score (nSPS) is 12.4. The van der Waals surface area contributed by atoms with E-state index in [1.165, 1.54) is 0 Å². The number of nitrogens with one attached hydrogen (secondary N) is 1. The summed E-state index contributed by atoms with van der Waals surface area (Å²) in [6.07, 6.45) is 0.958. The molecule has 1 amide bonds. The molecule has 0 radical (unpaired) electrons. The third kappa shape index (κ3) is 2.41. The molecule has 1 atom stereocenters. The van der Waals surface area contributed by atoms with Crippen LogP contribution in [0, 0.1) is 12.8 Å². The fourth-order valence-electron chi connectivity index (χ4n) is 1.09. The molecule has 0 aromatic carbocycles. The number of amides is 1. The monoisotopic (exact) mass is 227 g/mol. The topological polar surface area (TPSA) is 94.9 Å². The molecular formula is C9H17N5O2. The summed E-state index contributed by atoms with van der Waals surface area (Å²) in [5.74, 6) is 6.02. The van der Waals surface area contributed by atoms with Crippen LogP contribution in [0.1, 0.15) is 26.1 Å². The van der Waals surface area contributed by atoms with E-state index in [0.29, 0.717) is 18.3 Å². The Morgan fingerprint density at radius 3 is 2.69 bits per heavy atom. The van der Waals surface area contributed by atoms with Crippen molar-refractivity contribution in [1.29, 1.82) is 0 Å². The first-order valence-electron chi connectivity index (χ1n) is 5.19. The van der Waals surface area contributed by atoms with E-state index >= 15 is 0 Å². The average Bonchev–Trinajstić information content (AvgIpc) is 2.53. The van der Waals surface area contributed by atoms with Crippen LogP contribution in [0.15, 0.2) is 4.79 Å². The lowest BCUT2D eigenvalue weighted by Crippen LogP contribution is -2.40. The fourth-order valence-corrected chi connectivity index (χ4v) is 1.09. The van der Waals surface area contributed by atoms with E-state index in [9.17, 15) is 9.59 Å². The van der Waals surface area contributed by atoms with Crippen LogP contribution in [0.2, 0.25) is 0 Å². The Morgan fingerprint density at radius 1 is 1.62 bits per heavy atom. The number of nitrogens with zero attached hydrogens (tertiary/aromatic N) is 3. The fraction of sp³-hybridized carbons (Fsp3) is 0.667. The number of aromatic nitrogens is 3. The van der Waals surface area contributed by atoms with E-state index in [1.807, 2.05) is 13.8 Å². The van der Waals surface area contributed by atoms with Crippen molar-refractivity contribution in [2.75, 3.05) is 12.4 Å². The van der Waals surface area contributed by atoms with Crippen LogP contribution in [0.4, 0.5) is 4.79 Å². The maximum Gasteiger partial charge on any atom is 0.373 e. The summed E-state index contributed by atoms with van der Waals surface area (Å²) in [7, 11) is 0. The zero-order valence-corrected chi connectivity index (χ0v) is 9.73. The molecule has 1 rings (SSSR count). The second-order valence-electron chi connectivity index (χ2n) is 3.81. The van der Waals surface area contributed by atoms with E-state index in [0.717, 1.165) is 15.8 Å². The van der Waals surface area contributed by atoms with Gasteiger partial charge in [0, 0.05) is 6.54 Å². The molecule has 3 N–H and O–H groups in total. The van der Waals surface area contributed by atoms with Crippen LogP contribution in [-0.2, 0) is 0 Å². The minimum absolute atomic E-state index is 0.295. The summed E-state index contributed by atoms with van der Waals surface area (Å²) >= 11 is 0. The summed E-state index contributed by atoms with van der Waals surface area (Å²) in [6.45, 7) is 6.11.